The zero-order valence-electron chi connectivity index (χ0n) is 10.6. The first-order chi connectivity index (χ1) is 7.97. The molecule has 0 aliphatic carbocycles. The number of hydrogen-bond acceptors (Lipinski definition) is 1. The SMILES string of the molecule is CC(C)(C)[NH2+]CC(=O)c1c[nH]c2ccccc12. The summed E-state index contributed by atoms with van der Waals surface area (Å²) < 4.78 is 0. The number of hydrogen-bond donors (Lipinski definition) is 2. The van der Waals surface area contributed by atoms with Gasteiger partial charge in [0.25, 0.3) is 0 Å². The van der Waals surface area contributed by atoms with Crippen LogP contribution in [0, 0.1) is 0 Å². The molecule has 1 aromatic carbocycles. The van der Waals surface area contributed by atoms with Gasteiger partial charge in [-0.25, -0.2) is 0 Å². The number of carbonyl (C=O) groups is 1. The third-order valence-corrected chi connectivity index (χ3v) is 2.79. The highest BCUT2D eigenvalue weighted by atomic mass is 16.1. The van der Waals surface area contributed by atoms with Crippen molar-refractivity contribution in [1.82, 2.24) is 4.98 Å². The van der Waals surface area contributed by atoms with Crippen LogP contribution in [0.4, 0.5) is 0 Å². The summed E-state index contributed by atoms with van der Waals surface area (Å²) in [6.45, 7) is 6.81. The zero-order valence-corrected chi connectivity index (χ0v) is 10.6. The first-order valence-corrected chi connectivity index (χ1v) is 5.91. The van der Waals surface area contributed by atoms with Crippen molar-refractivity contribution in [1.29, 1.82) is 0 Å². The Bertz CT molecular complexity index is 534. The second kappa shape index (κ2) is 4.34. The Balaban J connectivity index is 2.20. The molecule has 0 bridgehead atoms. The van der Waals surface area contributed by atoms with Crippen molar-refractivity contribution in [3.05, 3.63) is 36.0 Å². The van der Waals surface area contributed by atoms with E-state index in [1.54, 1.807) is 0 Å². The summed E-state index contributed by atoms with van der Waals surface area (Å²) in [5, 5.41) is 3.08. The van der Waals surface area contributed by atoms with Crippen LogP contribution in [0.5, 0.6) is 0 Å². The molecular weight excluding hydrogens is 212 g/mol. The molecule has 3 nitrogen and oxygen atoms in total. The Morgan fingerprint density at radius 3 is 2.71 bits per heavy atom. The highest BCUT2D eigenvalue weighted by Gasteiger charge is 2.18. The van der Waals surface area contributed by atoms with E-state index in [9.17, 15) is 4.79 Å². The van der Waals surface area contributed by atoms with E-state index in [2.05, 4.69) is 31.1 Å². The molecule has 0 fully saturated rings. The maximum Gasteiger partial charge on any atom is 0.218 e. The molecule has 1 heterocycles. The van der Waals surface area contributed by atoms with Crippen LogP contribution in [-0.2, 0) is 0 Å². The van der Waals surface area contributed by atoms with Crippen molar-refractivity contribution >= 4 is 16.7 Å². The Morgan fingerprint density at radius 1 is 1.29 bits per heavy atom. The maximum absolute atomic E-state index is 12.1. The number of aromatic nitrogens is 1. The fraction of sp³-hybridized carbons (Fsp3) is 0.357. The number of benzene rings is 1. The fourth-order valence-electron chi connectivity index (χ4n) is 1.81. The number of aromatic amines is 1. The number of rotatable bonds is 3. The fourth-order valence-corrected chi connectivity index (χ4v) is 1.81. The topological polar surface area (TPSA) is 49.5 Å². The van der Waals surface area contributed by atoms with Crippen molar-refractivity contribution < 1.29 is 10.1 Å². The minimum atomic E-state index is 0.0851. The molecule has 0 saturated heterocycles. The number of carbonyl (C=O) groups excluding carboxylic acids is 1. The first-order valence-electron chi connectivity index (χ1n) is 5.91. The van der Waals surface area contributed by atoms with Crippen LogP contribution in [0.25, 0.3) is 10.9 Å². The number of fused-ring (bicyclic) bond motifs is 1. The van der Waals surface area contributed by atoms with Crippen LogP contribution in [0.15, 0.2) is 30.5 Å². The van der Waals surface area contributed by atoms with Crippen LogP contribution in [-0.4, -0.2) is 22.9 Å². The third kappa shape index (κ3) is 2.74. The summed E-state index contributed by atoms with van der Waals surface area (Å²) in [4.78, 5) is 15.2. The van der Waals surface area contributed by atoms with Crippen molar-refractivity contribution in [3.63, 3.8) is 0 Å². The molecule has 2 aromatic rings. The third-order valence-electron chi connectivity index (χ3n) is 2.79. The van der Waals surface area contributed by atoms with E-state index in [4.69, 9.17) is 0 Å². The number of ketones is 1. The van der Waals surface area contributed by atoms with Gasteiger partial charge in [0.15, 0.2) is 0 Å². The van der Waals surface area contributed by atoms with Gasteiger partial charge in [0.1, 0.15) is 6.54 Å². The molecule has 2 rings (SSSR count). The molecule has 17 heavy (non-hydrogen) atoms. The van der Waals surface area contributed by atoms with E-state index in [1.165, 1.54) is 0 Å². The molecule has 3 heteroatoms. The summed E-state index contributed by atoms with van der Waals surface area (Å²) in [5.74, 6) is 0.178. The van der Waals surface area contributed by atoms with Gasteiger partial charge in [-0.1, -0.05) is 18.2 Å². The lowest BCUT2D eigenvalue weighted by Gasteiger charge is -2.15. The van der Waals surface area contributed by atoms with Gasteiger partial charge < -0.3 is 10.3 Å². The van der Waals surface area contributed by atoms with Crippen LogP contribution in [0.1, 0.15) is 31.1 Å². The van der Waals surface area contributed by atoms with E-state index in [0.717, 1.165) is 16.5 Å². The molecule has 0 amide bonds. The van der Waals surface area contributed by atoms with Gasteiger partial charge >= 0.3 is 0 Å². The predicted octanol–water partition coefficient (Wildman–Crippen LogP) is 1.71. The first kappa shape index (κ1) is 11.9. The monoisotopic (exact) mass is 231 g/mol. The molecule has 3 N–H and O–H groups in total. The van der Waals surface area contributed by atoms with Crippen molar-refractivity contribution in [2.45, 2.75) is 26.3 Å². The number of para-hydroxylation sites is 1. The highest BCUT2D eigenvalue weighted by molar-refractivity contribution is 6.08. The minimum absolute atomic E-state index is 0.0851. The molecule has 1 aromatic heterocycles. The predicted molar refractivity (Wildman–Crippen MR) is 69.2 cm³/mol. The standard InChI is InChI=1S/C14H18N2O/c1-14(2,3)16-9-13(17)11-8-15-12-7-5-4-6-10(11)12/h4-8,15-16H,9H2,1-3H3/p+1. The number of Topliss-reactive ketones (excluding diaryl/α,β-unsaturated/α-hetero) is 1. The van der Waals surface area contributed by atoms with Crippen molar-refractivity contribution in [2.24, 2.45) is 0 Å². The smallest absolute Gasteiger partial charge is 0.218 e. The summed E-state index contributed by atoms with van der Waals surface area (Å²) in [7, 11) is 0. The molecule has 0 aliphatic rings. The second-order valence-electron chi connectivity index (χ2n) is 5.45. The number of nitrogens with two attached hydrogens (primary N) is 1. The summed E-state index contributed by atoms with van der Waals surface area (Å²) in [6.07, 6.45) is 1.81. The molecule has 0 unspecified atom stereocenters. The average Bonchev–Trinajstić information content (AvgIpc) is 2.68. The lowest BCUT2D eigenvalue weighted by atomic mass is 10.1. The van der Waals surface area contributed by atoms with Gasteiger partial charge in [0.2, 0.25) is 5.78 Å². The number of nitrogens with one attached hydrogen (secondary N) is 1. The minimum Gasteiger partial charge on any atom is -0.360 e. The average molecular weight is 231 g/mol. The normalized spacial score (nSPS) is 11.9. The van der Waals surface area contributed by atoms with E-state index in [-0.39, 0.29) is 11.3 Å². The van der Waals surface area contributed by atoms with E-state index in [1.807, 2.05) is 30.5 Å². The lowest BCUT2D eigenvalue weighted by molar-refractivity contribution is -0.706. The number of H-pyrrole nitrogens is 1. The zero-order chi connectivity index (χ0) is 12.5. The van der Waals surface area contributed by atoms with E-state index >= 15 is 0 Å². The molecule has 0 atom stereocenters. The molecule has 90 valence electrons. The van der Waals surface area contributed by atoms with Crippen molar-refractivity contribution in [2.75, 3.05) is 6.54 Å². The van der Waals surface area contributed by atoms with Crippen molar-refractivity contribution in [3.8, 4) is 0 Å². The van der Waals surface area contributed by atoms with E-state index in [0.29, 0.717) is 6.54 Å². The lowest BCUT2D eigenvalue weighted by Crippen LogP contribution is -2.95. The molecule has 0 saturated carbocycles. The van der Waals surface area contributed by atoms with Gasteiger partial charge in [-0.15, -0.1) is 0 Å². The van der Waals surface area contributed by atoms with Crippen LogP contribution >= 0.6 is 0 Å². The Labute approximate surface area is 101 Å². The van der Waals surface area contributed by atoms with E-state index < -0.39 is 0 Å². The molecule has 0 spiro atoms. The Hall–Kier alpha value is -1.61. The summed E-state index contributed by atoms with van der Waals surface area (Å²) >= 11 is 0. The molecule has 0 aliphatic heterocycles. The van der Waals surface area contributed by atoms with Gasteiger partial charge in [0, 0.05) is 22.7 Å². The van der Waals surface area contributed by atoms with Gasteiger partial charge in [-0.3, -0.25) is 4.79 Å². The van der Waals surface area contributed by atoms with Crippen LogP contribution < -0.4 is 5.32 Å². The largest absolute Gasteiger partial charge is 0.360 e. The number of quaternary nitrogens is 1. The maximum atomic E-state index is 12.1. The Kier molecular flexibility index (Phi) is 3.03. The van der Waals surface area contributed by atoms with Gasteiger partial charge in [-0.2, -0.15) is 0 Å². The summed E-state index contributed by atoms with van der Waals surface area (Å²) in [6, 6.07) is 7.89. The molecular formula is C14H19N2O+. The van der Waals surface area contributed by atoms with Gasteiger partial charge in [0.05, 0.1) is 5.54 Å². The highest BCUT2D eigenvalue weighted by Crippen LogP contribution is 2.17. The van der Waals surface area contributed by atoms with Gasteiger partial charge in [-0.05, 0) is 26.8 Å². The second-order valence-corrected chi connectivity index (χ2v) is 5.45. The quantitative estimate of drug-likeness (QED) is 0.776. The Morgan fingerprint density at radius 2 is 2.00 bits per heavy atom. The summed E-state index contributed by atoms with van der Waals surface area (Å²) in [5.41, 5.74) is 1.90. The molecule has 0 radical (unpaired) electrons. The van der Waals surface area contributed by atoms with Crippen LogP contribution in [0.3, 0.4) is 0 Å². The van der Waals surface area contributed by atoms with Crippen LogP contribution in [0.2, 0.25) is 0 Å².